The molecule has 0 aliphatic carbocycles. The molecule has 0 aromatic carbocycles. The van der Waals surface area contributed by atoms with Gasteiger partial charge in [0.25, 0.3) is 0 Å². The Kier molecular flexibility index (Phi) is 9.21. The number of aliphatic hydroxyl groups is 1. The van der Waals surface area contributed by atoms with Crippen LogP contribution in [0.4, 0.5) is 0 Å². The molecule has 118 valence electrons. The van der Waals surface area contributed by atoms with Crippen LogP contribution < -0.4 is 0 Å². The molecule has 0 saturated heterocycles. The van der Waals surface area contributed by atoms with Gasteiger partial charge < -0.3 is 14.9 Å². The van der Waals surface area contributed by atoms with Gasteiger partial charge in [-0.3, -0.25) is 9.59 Å². The van der Waals surface area contributed by atoms with Gasteiger partial charge in [-0.05, 0) is 32.1 Å². The second kappa shape index (κ2) is 9.75. The quantitative estimate of drug-likeness (QED) is 0.347. The van der Waals surface area contributed by atoms with Crippen LogP contribution in [0.15, 0.2) is 0 Å². The van der Waals surface area contributed by atoms with E-state index in [2.05, 4.69) is 0 Å². The normalized spacial score (nSPS) is 14.1. The standard InChI is InChI=1S/C15H28O5/c1-4-20-14(19)15(13(17)18,11-12(2)3)9-7-5-6-8-10-16/h12,16H,4-11H2,1-3H3,(H,17,18). The van der Waals surface area contributed by atoms with Gasteiger partial charge in [-0.15, -0.1) is 0 Å². The number of hydrogen-bond donors (Lipinski definition) is 2. The molecule has 1 unspecified atom stereocenters. The summed E-state index contributed by atoms with van der Waals surface area (Å²) in [6.07, 6.45) is 3.61. The summed E-state index contributed by atoms with van der Waals surface area (Å²) in [6.45, 7) is 5.83. The fourth-order valence-corrected chi connectivity index (χ4v) is 2.43. The number of aliphatic carboxylic acids is 1. The molecule has 1 atom stereocenters. The monoisotopic (exact) mass is 288 g/mol. The van der Waals surface area contributed by atoms with Crippen molar-refractivity contribution in [3.8, 4) is 0 Å². The number of rotatable bonds is 11. The smallest absolute Gasteiger partial charge is 0.323 e. The summed E-state index contributed by atoms with van der Waals surface area (Å²) in [7, 11) is 0. The van der Waals surface area contributed by atoms with Crippen LogP contribution in [0.3, 0.4) is 0 Å². The van der Waals surface area contributed by atoms with Gasteiger partial charge >= 0.3 is 11.9 Å². The molecule has 0 saturated carbocycles. The van der Waals surface area contributed by atoms with Crippen LogP contribution in [0.5, 0.6) is 0 Å². The molecule has 0 rings (SSSR count). The zero-order valence-electron chi connectivity index (χ0n) is 12.9. The summed E-state index contributed by atoms with van der Waals surface area (Å²) in [5, 5.41) is 18.3. The highest BCUT2D eigenvalue weighted by molar-refractivity contribution is 5.99. The van der Waals surface area contributed by atoms with E-state index in [9.17, 15) is 14.7 Å². The molecule has 0 aliphatic heterocycles. The van der Waals surface area contributed by atoms with Crippen LogP contribution in [-0.2, 0) is 14.3 Å². The maximum Gasteiger partial charge on any atom is 0.323 e. The molecule has 2 N–H and O–H groups in total. The van der Waals surface area contributed by atoms with Gasteiger partial charge in [-0.1, -0.05) is 33.1 Å². The molecule has 0 spiro atoms. The molecule has 0 aliphatic rings. The molecule has 0 amide bonds. The molecular weight excluding hydrogens is 260 g/mol. The number of carboxylic acids is 1. The summed E-state index contributed by atoms with van der Waals surface area (Å²) >= 11 is 0. The number of ether oxygens (including phenoxy) is 1. The van der Waals surface area contributed by atoms with E-state index in [0.717, 1.165) is 12.8 Å². The number of carboxylic acid groups (broad SMARTS) is 1. The summed E-state index contributed by atoms with van der Waals surface area (Å²) < 4.78 is 4.99. The van der Waals surface area contributed by atoms with E-state index in [-0.39, 0.29) is 19.1 Å². The summed E-state index contributed by atoms with van der Waals surface area (Å²) in [5.41, 5.74) is -1.43. The fraction of sp³-hybridized carbons (Fsp3) is 0.867. The largest absolute Gasteiger partial charge is 0.480 e. The summed E-state index contributed by atoms with van der Waals surface area (Å²) in [6, 6.07) is 0. The van der Waals surface area contributed by atoms with Crippen molar-refractivity contribution in [1.82, 2.24) is 0 Å². The minimum atomic E-state index is -1.43. The van der Waals surface area contributed by atoms with Crippen LogP contribution >= 0.6 is 0 Å². The van der Waals surface area contributed by atoms with E-state index >= 15 is 0 Å². The molecule has 5 nitrogen and oxygen atoms in total. The second-order valence-corrected chi connectivity index (χ2v) is 5.59. The number of unbranched alkanes of at least 4 members (excludes halogenated alkanes) is 3. The Bertz CT molecular complexity index is 301. The van der Waals surface area contributed by atoms with Gasteiger partial charge in [0, 0.05) is 6.61 Å². The Hall–Kier alpha value is -1.10. The van der Waals surface area contributed by atoms with E-state index < -0.39 is 17.4 Å². The van der Waals surface area contributed by atoms with Crippen molar-refractivity contribution in [2.75, 3.05) is 13.2 Å². The fourth-order valence-electron chi connectivity index (χ4n) is 2.43. The highest BCUT2D eigenvalue weighted by Crippen LogP contribution is 2.35. The molecule has 0 radical (unpaired) electrons. The van der Waals surface area contributed by atoms with Gasteiger partial charge in [0.15, 0.2) is 5.41 Å². The first-order valence-corrected chi connectivity index (χ1v) is 7.42. The zero-order valence-corrected chi connectivity index (χ0v) is 12.9. The minimum absolute atomic E-state index is 0.105. The van der Waals surface area contributed by atoms with Crippen molar-refractivity contribution >= 4 is 11.9 Å². The Morgan fingerprint density at radius 3 is 2.20 bits per heavy atom. The van der Waals surface area contributed by atoms with Gasteiger partial charge in [-0.25, -0.2) is 0 Å². The summed E-state index contributed by atoms with van der Waals surface area (Å²) in [4.78, 5) is 23.8. The van der Waals surface area contributed by atoms with Crippen LogP contribution in [0, 0.1) is 11.3 Å². The average Bonchev–Trinajstić information content (AvgIpc) is 2.36. The molecule has 20 heavy (non-hydrogen) atoms. The number of esters is 1. The third-order valence-electron chi connectivity index (χ3n) is 3.34. The lowest BCUT2D eigenvalue weighted by atomic mass is 9.76. The van der Waals surface area contributed by atoms with Crippen LogP contribution in [0.2, 0.25) is 0 Å². The lowest BCUT2D eigenvalue weighted by molar-refractivity contribution is -0.170. The first-order valence-electron chi connectivity index (χ1n) is 7.42. The predicted molar refractivity (Wildman–Crippen MR) is 76.3 cm³/mol. The molecule has 0 bridgehead atoms. The first-order chi connectivity index (χ1) is 9.40. The van der Waals surface area contributed by atoms with Crippen molar-refractivity contribution in [2.45, 2.75) is 59.3 Å². The number of aliphatic hydroxyl groups excluding tert-OH is 1. The summed E-state index contributed by atoms with van der Waals surface area (Å²) in [5.74, 6) is -1.61. The highest BCUT2D eigenvalue weighted by Gasteiger charge is 2.47. The van der Waals surface area contributed by atoms with Crippen molar-refractivity contribution in [1.29, 1.82) is 0 Å². The SMILES string of the molecule is CCOC(=O)C(CCCCCCO)(CC(C)C)C(=O)O. The van der Waals surface area contributed by atoms with Crippen LogP contribution in [-0.4, -0.2) is 35.4 Å². The highest BCUT2D eigenvalue weighted by atomic mass is 16.5. The zero-order chi connectivity index (χ0) is 15.6. The number of carbonyl (C=O) groups is 2. The third kappa shape index (κ3) is 5.90. The van der Waals surface area contributed by atoms with E-state index in [0.29, 0.717) is 25.7 Å². The van der Waals surface area contributed by atoms with E-state index in [1.165, 1.54) is 0 Å². The van der Waals surface area contributed by atoms with E-state index in [4.69, 9.17) is 9.84 Å². The molecule has 0 aromatic heterocycles. The Morgan fingerprint density at radius 2 is 1.75 bits per heavy atom. The molecule has 0 fully saturated rings. The van der Waals surface area contributed by atoms with Crippen molar-refractivity contribution < 1.29 is 24.5 Å². The Morgan fingerprint density at radius 1 is 1.15 bits per heavy atom. The maximum absolute atomic E-state index is 12.1. The second-order valence-electron chi connectivity index (χ2n) is 5.59. The third-order valence-corrected chi connectivity index (χ3v) is 3.34. The molecule has 5 heteroatoms. The van der Waals surface area contributed by atoms with Crippen LogP contribution in [0.1, 0.15) is 59.3 Å². The van der Waals surface area contributed by atoms with Crippen LogP contribution in [0.25, 0.3) is 0 Å². The lowest BCUT2D eigenvalue weighted by Crippen LogP contribution is -2.42. The van der Waals surface area contributed by atoms with Gasteiger partial charge in [0.05, 0.1) is 6.61 Å². The van der Waals surface area contributed by atoms with Crippen molar-refractivity contribution in [3.63, 3.8) is 0 Å². The van der Waals surface area contributed by atoms with Gasteiger partial charge in [-0.2, -0.15) is 0 Å². The average molecular weight is 288 g/mol. The van der Waals surface area contributed by atoms with E-state index in [1.807, 2.05) is 13.8 Å². The number of carbonyl (C=O) groups excluding carboxylic acids is 1. The topological polar surface area (TPSA) is 83.8 Å². The Labute approximate surface area is 121 Å². The van der Waals surface area contributed by atoms with Gasteiger partial charge in [0.2, 0.25) is 0 Å². The maximum atomic E-state index is 12.1. The van der Waals surface area contributed by atoms with Crippen molar-refractivity contribution in [2.24, 2.45) is 11.3 Å². The van der Waals surface area contributed by atoms with Gasteiger partial charge in [0.1, 0.15) is 0 Å². The molecular formula is C15H28O5. The Balaban J connectivity index is 4.81. The minimum Gasteiger partial charge on any atom is -0.480 e. The first kappa shape index (κ1) is 18.9. The molecule has 0 heterocycles. The van der Waals surface area contributed by atoms with E-state index in [1.54, 1.807) is 6.92 Å². The lowest BCUT2D eigenvalue weighted by Gasteiger charge is -2.28. The number of hydrogen-bond acceptors (Lipinski definition) is 4. The predicted octanol–water partition coefficient (Wildman–Crippen LogP) is 2.61. The van der Waals surface area contributed by atoms with Crippen molar-refractivity contribution in [3.05, 3.63) is 0 Å². The molecule has 0 aromatic rings.